The molecule has 2 spiro atoms. The Morgan fingerprint density at radius 3 is 0.868 bits per heavy atom. The minimum Gasteiger partial charge on any atom is -0.355 e. The van der Waals surface area contributed by atoms with Gasteiger partial charge >= 0.3 is 0 Å². The molecule has 0 radical (unpaired) electrons. The molecule has 106 heavy (non-hydrogen) atoms. The lowest BCUT2D eigenvalue weighted by Crippen LogP contribution is -2.26. The van der Waals surface area contributed by atoms with Crippen molar-refractivity contribution in [3.8, 4) is 44.5 Å². The number of anilines is 5. The van der Waals surface area contributed by atoms with Crippen molar-refractivity contribution in [1.82, 2.24) is 0 Å². The Morgan fingerprint density at radius 1 is 0.217 bits per heavy atom. The highest BCUT2D eigenvalue weighted by Gasteiger charge is 2.53. The molecule has 0 fully saturated rings. The molecule has 0 aromatic heterocycles. The van der Waals surface area contributed by atoms with Gasteiger partial charge in [-0.2, -0.15) is 0 Å². The van der Waals surface area contributed by atoms with Crippen LogP contribution in [0, 0.1) is 27.7 Å². The molecule has 504 valence electrons. The SMILES string of the molecule is C.Cc1cc(C)cc(Br)c1.Cc1cc(C)cc(N(c2ccc3c(c2)C2(c4ccccc4-c4ccccc42)c2ccccc2-3)c2ccc3c4ccccc4c4ccccc4c3c2)c1.c1ccc2c(c1)-c1ccccc1C21c2ccccc2-c2ccc(Nc3ccc4c5ccccc5c5ccccc5c4c3)cc21. The van der Waals surface area contributed by atoms with E-state index < -0.39 is 5.41 Å². The Balaban J connectivity index is 0.000000130. The van der Waals surface area contributed by atoms with Crippen LogP contribution < -0.4 is 10.2 Å². The Labute approximate surface area is 628 Å². The maximum atomic E-state index is 3.82. The number of halogens is 1. The molecule has 0 saturated carbocycles. The Morgan fingerprint density at radius 2 is 0.481 bits per heavy atom. The third-order valence-electron chi connectivity index (χ3n) is 22.9. The first-order chi connectivity index (χ1) is 51.6. The van der Waals surface area contributed by atoms with E-state index >= 15 is 0 Å². The van der Waals surface area contributed by atoms with Crippen LogP contribution in [0.25, 0.3) is 109 Å². The standard InChI is InChI=1S/C51H35N.C43H27N.C8H9Br.CH4/c1-32-27-33(2)29-36(28-32)52(34-23-25-41-39-15-4-3-13-37(39)38-14-5-6-16-40(38)46(41)30-34)35-24-26-45-44-19-9-12-22-49(44)51(50(45)31-35)47-20-10-7-17-42(47)43-18-8-11-21-48(43)51;1-2-13-31-29(11-1)30-12-3-4-14-32(30)38-25-27(21-23-33(31)38)44-28-22-24-37-36-17-7-10-20-41(36)43(42(37)26-28)39-18-8-5-15-34(39)35-16-6-9-19-40(35)43;1-6-3-7(2)5-8(9)4-6;/h3-31H,1-2H3;1-26,44H;3-5H,1-2H3;1H4. The fraction of sp³-hybridized carbons (Fsp3) is 0.0680. The monoisotopic (exact) mass is 1420 g/mol. The number of aryl methyl sites for hydroxylation is 4. The summed E-state index contributed by atoms with van der Waals surface area (Å²) in [5.41, 5.74) is 31.5. The molecule has 0 amide bonds. The van der Waals surface area contributed by atoms with E-state index in [9.17, 15) is 0 Å². The second-order valence-electron chi connectivity index (χ2n) is 29.0. The Hall–Kier alpha value is -12.4. The number of rotatable bonds is 5. The topological polar surface area (TPSA) is 15.3 Å². The predicted molar refractivity (Wildman–Crippen MR) is 455 cm³/mol. The summed E-state index contributed by atoms with van der Waals surface area (Å²) in [7, 11) is 0. The molecule has 0 saturated heterocycles. The van der Waals surface area contributed by atoms with Gasteiger partial charge in [-0.3, -0.25) is 0 Å². The van der Waals surface area contributed by atoms with Crippen LogP contribution in [0.2, 0.25) is 0 Å². The van der Waals surface area contributed by atoms with Gasteiger partial charge < -0.3 is 10.2 Å². The summed E-state index contributed by atoms with van der Waals surface area (Å²) in [5, 5.41) is 19.3. The van der Waals surface area contributed by atoms with Gasteiger partial charge in [-0.25, -0.2) is 0 Å². The van der Waals surface area contributed by atoms with Crippen LogP contribution in [0.5, 0.6) is 0 Å². The molecule has 0 unspecified atom stereocenters. The minimum absolute atomic E-state index is 0. The highest BCUT2D eigenvalue weighted by molar-refractivity contribution is 9.10. The Kier molecular flexibility index (Phi) is 15.3. The molecule has 0 aliphatic heterocycles. The lowest BCUT2D eigenvalue weighted by Gasteiger charge is -2.32. The molecule has 0 heterocycles. The molecule has 0 atom stereocenters. The highest BCUT2D eigenvalue weighted by Crippen LogP contribution is 2.65. The van der Waals surface area contributed by atoms with E-state index in [1.807, 2.05) is 0 Å². The molecule has 0 bridgehead atoms. The van der Waals surface area contributed by atoms with Crippen LogP contribution in [0.4, 0.5) is 28.4 Å². The van der Waals surface area contributed by atoms with E-state index in [1.54, 1.807) is 0 Å². The summed E-state index contributed by atoms with van der Waals surface area (Å²) in [5.74, 6) is 0. The normalized spacial score (nSPS) is 13.0. The van der Waals surface area contributed by atoms with E-state index in [4.69, 9.17) is 0 Å². The lowest BCUT2D eigenvalue weighted by molar-refractivity contribution is 0.793. The summed E-state index contributed by atoms with van der Waals surface area (Å²) in [4.78, 5) is 2.48. The van der Waals surface area contributed by atoms with E-state index in [2.05, 4.69) is 406 Å². The fourth-order valence-electron chi connectivity index (χ4n) is 19.0. The molecule has 22 rings (SSSR count). The largest absolute Gasteiger partial charge is 0.355 e. The Bertz CT molecular complexity index is 6400. The smallest absolute Gasteiger partial charge is 0.0726 e. The first kappa shape index (κ1) is 64.4. The summed E-state index contributed by atoms with van der Waals surface area (Å²) >= 11 is 3.41. The zero-order chi connectivity index (χ0) is 70.2. The molecule has 1 N–H and O–H groups in total. The van der Waals surface area contributed by atoms with E-state index in [-0.39, 0.29) is 12.8 Å². The number of hydrogen-bond acceptors (Lipinski definition) is 2. The molecule has 4 aliphatic carbocycles. The maximum Gasteiger partial charge on any atom is 0.0726 e. The quantitative estimate of drug-likeness (QED) is 0.173. The summed E-state index contributed by atoms with van der Waals surface area (Å²) in [6.07, 6.45) is 0. The van der Waals surface area contributed by atoms with Crippen molar-refractivity contribution in [2.24, 2.45) is 0 Å². The van der Waals surface area contributed by atoms with E-state index in [1.165, 1.54) is 186 Å². The third kappa shape index (κ3) is 9.76. The number of nitrogens with one attached hydrogen (secondary N) is 1. The fourth-order valence-corrected chi connectivity index (χ4v) is 19.7. The number of benzene rings is 18. The first-order valence-corrected chi connectivity index (χ1v) is 37.3. The van der Waals surface area contributed by atoms with E-state index in [0.29, 0.717) is 0 Å². The molecule has 18 aromatic rings. The number of hydrogen-bond donors (Lipinski definition) is 1. The maximum absolute atomic E-state index is 3.82. The van der Waals surface area contributed by atoms with E-state index in [0.717, 1.165) is 22.7 Å². The van der Waals surface area contributed by atoms with Crippen molar-refractivity contribution in [2.45, 2.75) is 46.0 Å². The van der Waals surface area contributed by atoms with Crippen LogP contribution in [0.1, 0.15) is 74.2 Å². The molecular weight excluding hydrogens is 1350 g/mol. The molecule has 2 nitrogen and oxygen atoms in total. The minimum atomic E-state index is -0.401. The van der Waals surface area contributed by atoms with Gasteiger partial charge in [0.05, 0.1) is 10.8 Å². The summed E-state index contributed by atoms with van der Waals surface area (Å²) in [6, 6.07) is 131. The van der Waals surface area contributed by atoms with Crippen molar-refractivity contribution >= 4 is 109 Å². The van der Waals surface area contributed by atoms with Crippen molar-refractivity contribution in [3.63, 3.8) is 0 Å². The van der Waals surface area contributed by atoms with Crippen LogP contribution in [0.15, 0.2) is 356 Å². The average Bonchev–Trinajstić information content (AvgIpc) is 1.52. The van der Waals surface area contributed by atoms with Crippen molar-refractivity contribution in [3.05, 3.63) is 423 Å². The summed E-state index contributed by atoms with van der Waals surface area (Å²) < 4.78 is 1.17. The first-order valence-electron chi connectivity index (χ1n) is 36.5. The van der Waals surface area contributed by atoms with Crippen LogP contribution in [0.3, 0.4) is 0 Å². The van der Waals surface area contributed by atoms with Crippen LogP contribution in [-0.2, 0) is 10.8 Å². The van der Waals surface area contributed by atoms with Gasteiger partial charge in [0, 0.05) is 32.9 Å². The molecule has 18 aromatic carbocycles. The van der Waals surface area contributed by atoms with Crippen molar-refractivity contribution in [2.75, 3.05) is 10.2 Å². The number of nitrogens with zero attached hydrogens (tertiary/aromatic N) is 1. The predicted octanol–water partition coefficient (Wildman–Crippen LogP) is 28.5. The average molecular weight is 1420 g/mol. The van der Waals surface area contributed by atoms with Gasteiger partial charge in [0.15, 0.2) is 0 Å². The van der Waals surface area contributed by atoms with Gasteiger partial charge in [-0.1, -0.05) is 302 Å². The van der Waals surface area contributed by atoms with Crippen LogP contribution in [-0.4, -0.2) is 0 Å². The second kappa shape index (κ2) is 25.2. The van der Waals surface area contributed by atoms with Gasteiger partial charge in [0.1, 0.15) is 0 Å². The molecule has 3 heteroatoms. The van der Waals surface area contributed by atoms with Gasteiger partial charge in [0.2, 0.25) is 0 Å². The van der Waals surface area contributed by atoms with Gasteiger partial charge in [-0.15, -0.1) is 0 Å². The van der Waals surface area contributed by atoms with Crippen molar-refractivity contribution < 1.29 is 0 Å². The zero-order valence-corrected chi connectivity index (χ0v) is 60.4. The van der Waals surface area contributed by atoms with Gasteiger partial charge in [-0.05, 0) is 276 Å². The zero-order valence-electron chi connectivity index (χ0n) is 58.8. The third-order valence-corrected chi connectivity index (χ3v) is 23.4. The highest BCUT2D eigenvalue weighted by atomic mass is 79.9. The lowest BCUT2D eigenvalue weighted by atomic mass is 9.70. The second-order valence-corrected chi connectivity index (χ2v) is 30.0. The summed E-state index contributed by atoms with van der Waals surface area (Å²) in [6.45, 7) is 8.60. The number of fused-ring (bicyclic) bond motifs is 32. The van der Waals surface area contributed by atoms with Gasteiger partial charge in [0.25, 0.3) is 0 Å². The molecular formula is C103H75BrN2. The van der Waals surface area contributed by atoms with Crippen LogP contribution >= 0.6 is 15.9 Å². The van der Waals surface area contributed by atoms with Crippen molar-refractivity contribution in [1.29, 1.82) is 0 Å². The molecule has 4 aliphatic rings.